The minimum Gasteiger partial charge on any atom is -0.466 e. The Hall–Kier alpha value is -2.96. The van der Waals surface area contributed by atoms with Gasteiger partial charge >= 0.3 is 6.18 Å². The Kier molecular flexibility index (Phi) is 4.39. The lowest BCUT2D eigenvalue weighted by molar-refractivity contribution is -0.137. The molecule has 3 rings (SSSR count). The molecule has 0 radical (unpaired) electrons. The number of anilines is 1. The number of nitrogen functional groups attached to an aromatic ring is 1. The van der Waals surface area contributed by atoms with Crippen LogP contribution in [0.2, 0.25) is 0 Å². The average Bonchev–Trinajstić information content (AvgIpc) is 2.90. The molecule has 0 amide bonds. The van der Waals surface area contributed by atoms with E-state index in [1.54, 1.807) is 44.2 Å². The minimum atomic E-state index is -4.73. The summed E-state index contributed by atoms with van der Waals surface area (Å²) in [5.41, 5.74) is 4.03. The first-order valence-corrected chi connectivity index (χ1v) is 7.90. The van der Waals surface area contributed by atoms with Crippen LogP contribution in [-0.4, -0.2) is 4.57 Å². The van der Waals surface area contributed by atoms with Crippen LogP contribution in [0.4, 0.5) is 18.9 Å². The predicted molar refractivity (Wildman–Crippen MR) is 92.8 cm³/mol. The summed E-state index contributed by atoms with van der Waals surface area (Å²) < 4.78 is 46.7. The van der Waals surface area contributed by atoms with E-state index in [0.717, 1.165) is 11.6 Å². The Morgan fingerprint density at radius 2 is 1.77 bits per heavy atom. The summed E-state index contributed by atoms with van der Waals surface area (Å²) in [5, 5.41) is 0. The fourth-order valence-corrected chi connectivity index (χ4v) is 2.93. The van der Waals surface area contributed by atoms with Gasteiger partial charge in [0.2, 0.25) is 0 Å². The summed E-state index contributed by atoms with van der Waals surface area (Å²) in [4.78, 5) is 12.7. The van der Waals surface area contributed by atoms with Crippen molar-refractivity contribution in [2.45, 2.75) is 26.6 Å². The van der Waals surface area contributed by atoms with Crippen molar-refractivity contribution in [1.29, 1.82) is 0 Å². The third-order valence-electron chi connectivity index (χ3n) is 4.14. The number of hydrogen-bond acceptors (Lipinski definition) is 3. The van der Waals surface area contributed by atoms with Crippen LogP contribution in [0, 0.1) is 13.8 Å². The number of benzene rings is 1. The van der Waals surface area contributed by atoms with Crippen molar-refractivity contribution in [3.63, 3.8) is 0 Å². The van der Waals surface area contributed by atoms with Crippen LogP contribution in [0.3, 0.4) is 0 Å². The van der Waals surface area contributed by atoms with Crippen molar-refractivity contribution in [3.8, 4) is 11.3 Å². The van der Waals surface area contributed by atoms with Gasteiger partial charge in [0, 0.05) is 5.56 Å². The third-order valence-corrected chi connectivity index (χ3v) is 4.14. The Bertz CT molecular complexity index is 1000. The zero-order valence-corrected chi connectivity index (χ0v) is 14.2. The molecule has 1 aromatic carbocycles. The molecule has 136 valence electrons. The van der Waals surface area contributed by atoms with Crippen LogP contribution < -0.4 is 11.3 Å². The van der Waals surface area contributed by atoms with Crippen LogP contribution in [-0.2, 0) is 12.7 Å². The molecule has 0 atom stereocenters. The van der Waals surface area contributed by atoms with Crippen molar-refractivity contribution in [1.82, 2.24) is 4.57 Å². The summed E-state index contributed by atoms with van der Waals surface area (Å²) in [7, 11) is 0. The highest BCUT2D eigenvalue weighted by molar-refractivity contribution is 5.66. The van der Waals surface area contributed by atoms with Crippen molar-refractivity contribution in [3.05, 3.63) is 75.5 Å². The second-order valence-corrected chi connectivity index (χ2v) is 6.06. The van der Waals surface area contributed by atoms with Gasteiger partial charge in [0.05, 0.1) is 17.8 Å². The standard InChI is InChI=1S/C19H17F3N2O2/c1-11-8-14(12(2)26-11)16-9-15(19(20,21)22)17(23)18(25)24(16)10-13-6-4-3-5-7-13/h3-9H,10,23H2,1-2H3. The van der Waals surface area contributed by atoms with Crippen LogP contribution in [0.15, 0.2) is 51.7 Å². The normalized spacial score (nSPS) is 11.7. The monoisotopic (exact) mass is 362 g/mol. The molecule has 7 heteroatoms. The molecular formula is C19H17F3N2O2. The molecular weight excluding hydrogens is 345 g/mol. The third kappa shape index (κ3) is 3.24. The van der Waals surface area contributed by atoms with Crippen LogP contribution in [0.5, 0.6) is 0 Å². The summed E-state index contributed by atoms with van der Waals surface area (Å²) in [6.07, 6.45) is -4.73. The Labute approximate surface area is 147 Å². The highest BCUT2D eigenvalue weighted by atomic mass is 19.4. The number of pyridine rings is 1. The van der Waals surface area contributed by atoms with Gasteiger partial charge in [-0.05, 0) is 31.5 Å². The average molecular weight is 362 g/mol. The fraction of sp³-hybridized carbons (Fsp3) is 0.211. The largest absolute Gasteiger partial charge is 0.466 e. The van der Waals surface area contributed by atoms with E-state index in [2.05, 4.69) is 0 Å². The lowest BCUT2D eigenvalue weighted by Crippen LogP contribution is -2.28. The first-order chi connectivity index (χ1) is 12.2. The second-order valence-electron chi connectivity index (χ2n) is 6.06. The van der Waals surface area contributed by atoms with E-state index in [1.807, 2.05) is 6.07 Å². The summed E-state index contributed by atoms with van der Waals surface area (Å²) >= 11 is 0. The maximum atomic E-state index is 13.3. The number of nitrogens with zero attached hydrogens (tertiary/aromatic N) is 1. The molecule has 0 aliphatic carbocycles. The molecule has 0 fully saturated rings. The van der Waals surface area contributed by atoms with Gasteiger partial charge in [0.1, 0.15) is 17.2 Å². The van der Waals surface area contributed by atoms with Crippen LogP contribution in [0.25, 0.3) is 11.3 Å². The number of rotatable bonds is 3. The molecule has 2 N–H and O–H groups in total. The van der Waals surface area contributed by atoms with Crippen LogP contribution in [0.1, 0.15) is 22.6 Å². The van der Waals surface area contributed by atoms with Crippen molar-refractivity contribution >= 4 is 5.69 Å². The number of halogens is 3. The Morgan fingerprint density at radius 3 is 2.31 bits per heavy atom. The molecule has 2 aromatic heterocycles. The highest BCUT2D eigenvalue weighted by Crippen LogP contribution is 2.36. The smallest absolute Gasteiger partial charge is 0.418 e. The zero-order chi connectivity index (χ0) is 19.1. The molecule has 0 aliphatic rings. The number of furan rings is 1. The molecule has 0 aliphatic heterocycles. The van der Waals surface area contributed by atoms with Gasteiger partial charge in [-0.2, -0.15) is 13.2 Å². The van der Waals surface area contributed by atoms with E-state index in [-0.39, 0.29) is 12.2 Å². The van der Waals surface area contributed by atoms with Crippen molar-refractivity contribution in [2.24, 2.45) is 0 Å². The van der Waals surface area contributed by atoms with Gasteiger partial charge in [0.15, 0.2) is 0 Å². The van der Waals surface area contributed by atoms with Gasteiger partial charge < -0.3 is 14.7 Å². The topological polar surface area (TPSA) is 61.2 Å². The van der Waals surface area contributed by atoms with E-state index < -0.39 is 23.0 Å². The zero-order valence-electron chi connectivity index (χ0n) is 14.2. The van der Waals surface area contributed by atoms with Gasteiger partial charge in [0.25, 0.3) is 5.56 Å². The van der Waals surface area contributed by atoms with Crippen molar-refractivity contribution < 1.29 is 17.6 Å². The lowest BCUT2D eigenvalue weighted by Gasteiger charge is -2.18. The first-order valence-electron chi connectivity index (χ1n) is 7.90. The molecule has 26 heavy (non-hydrogen) atoms. The first kappa shape index (κ1) is 17.8. The van der Waals surface area contributed by atoms with E-state index in [4.69, 9.17) is 10.2 Å². The molecule has 0 saturated carbocycles. The maximum absolute atomic E-state index is 13.3. The van der Waals surface area contributed by atoms with Gasteiger partial charge in [-0.1, -0.05) is 30.3 Å². The van der Waals surface area contributed by atoms with E-state index in [0.29, 0.717) is 17.1 Å². The fourth-order valence-electron chi connectivity index (χ4n) is 2.93. The second kappa shape index (κ2) is 6.40. The van der Waals surface area contributed by atoms with Gasteiger partial charge in [-0.25, -0.2) is 0 Å². The molecule has 2 heterocycles. The molecule has 0 spiro atoms. The minimum absolute atomic E-state index is 0.0982. The number of hydrogen-bond donors (Lipinski definition) is 1. The summed E-state index contributed by atoms with van der Waals surface area (Å²) in [5.74, 6) is 0.975. The van der Waals surface area contributed by atoms with E-state index in [1.165, 1.54) is 4.57 Å². The number of alkyl halides is 3. The SMILES string of the molecule is Cc1cc(-c2cc(C(F)(F)F)c(N)c(=O)n2Cc2ccccc2)c(C)o1. The summed E-state index contributed by atoms with van der Waals surface area (Å²) in [6.45, 7) is 3.43. The number of aromatic nitrogens is 1. The van der Waals surface area contributed by atoms with Crippen LogP contribution >= 0.6 is 0 Å². The summed E-state index contributed by atoms with van der Waals surface area (Å²) in [6, 6.07) is 11.5. The molecule has 0 bridgehead atoms. The van der Waals surface area contributed by atoms with E-state index in [9.17, 15) is 18.0 Å². The Morgan fingerprint density at radius 1 is 1.12 bits per heavy atom. The molecule has 0 saturated heterocycles. The predicted octanol–water partition coefficient (Wildman–Crippen LogP) is 4.37. The van der Waals surface area contributed by atoms with E-state index >= 15 is 0 Å². The number of aryl methyl sites for hydroxylation is 2. The van der Waals surface area contributed by atoms with Gasteiger partial charge in [-0.3, -0.25) is 4.79 Å². The molecule has 4 nitrogen and oxygen atoms in total. The Balaban J connectivity index is 2.29. The number of nitrogens with two attached hydrogens (primary N) is 1. The lowest BCUT2D eigenvalue weighted by atomic mass is 10.1. The maximum Gasteiger partial charge on any atom is 0.418 e. The van der Waals surface area contributed by atoms with Crippen molar-refractivity contribution in [2.75, 3.05) is 5.73 Å². The molecule has 0 unspecified atom stereocenters. The molecule has 3 aromatic rings. The van der Waals surface area contributed by atoms with Gasteiger partial charge in [-0.15, -0.1) is 0 Å². The quantitative estimate of drug-likeness (QED) is 0.752. The highest BCUT2D eigenvalue weighted by Gasteiger charge is 2.36.